The van der Waals surface area contributed by atoms with Crippen molar-refractivity contribution >= 4 is 35.1 Å². The predicted molar refractivity (Wildman–Crippen MR) is 77.6 cm³/mol. The molecule has 1 N–H and O–H groups in total. The van der Waals surface area contributed by atoms with E-state index in [0.29, 0.717) is 16.6 Å². The fraction of sp³-hybridized carbons (Fsp3) is 0.286. The first-order valence-corrected chi connectivity index (χ1v) is 6.88. The predicted octanol–water partition coefficient (Wildman–Crippen LogP) is 2.80. The van der Waals surface area contributed by atoms with Gasteiger partial charge in [0.1, 0.15) is 0 Å². The van der Waals surface area contributed by atoms with Crippen LogP contribution in [0, 0.1) is 0 Å². The average Bonchev–Trinajstić information content (AvgIpc) is 2.33. The van der Waals surface area contributed by atoms with E-state index in [1.165, 1.54) is 20.0 Å². The number of esters is 2. The first kappa shape index (κ1) is 15.7. The fourth-order valence-corrected chi connectivity index (χ4v) is 2.18. The Morgan fingerprint density at radius 1 is 1.19 bits per heavy atom. The zero-order chi connectivity index (χ0) is 15.6. The number of carbonyl (C=O) groups excluding carboxylic acids is 2. The first-order chi connectivity index (χ1) is 9.78. The summed E-state index contributed by atoms with van der Waals surface area (Å²) in [6.07, 6.45) is 1.25. The first-order valence-electron chi connectivity index (χ1n) is 6.13. The summed E-state index contributed by atoms with van der Waals surface area (Å²) in [5.74, 6) is -2.71. The molecule has 1 heterocycles. The molecule has 7 heteroatoms. The maximum Gasteiger partial charge on any atom is 0.350 e. The number of halogens is 2. The monoisotopic (exact) mass is 329 g/mol. The Morgan fingerprint density at radius 2 is 1.81 bits per heavy atom. The third-order valence-electron chi connectivity index (χ3n) is 2.67. The van der Waals surface area contributed by atoms with E-state index in [1.807, 2.05) is 0 Å². The molecule has 0 amide bonds. The number of nitrogens with one attached hydrogen (secondary N) is 1. The van der Waals surface area contributed by atoms with Gasteiger partial charge in [0, 0.05) is 36.6 Å². The molecule has 2 rings (SSSR count). The molecule has 0 atom stereocenters. The topological polar surface area (TPSA) is 64.6 Å². The molecule has 0 aliphatic carbocycles. The normalized spacial score (nSPS) is 17.0. The Hall–Kier alpha value is -1.72. The molecule has 1 aliphatic heterocycles. The summed E-state index contributed by atoms with van der Waals surface area (Å²) in [5, 5.41) is 3.85. The van der Waals surface area contributed by atoms with Crippen LogP contribution in [0.3, 0.4) is 0 Å². The van der Waals surface area contributed by atoms with Gasteiger partial charge in [-0.1, -0.05) is 29.3 Å². The van der Waals surface area contributed by atoms with Gasteiger partial charge in [-0.2, -0.15) is 0 Å². The highest BCUT2D eigenvalue weighted by molar-refractivity contribution is 6.35. The summed E-state index contributed by atoms with van der Waals surface area (Å²) in [5.41, 5.74) is 0.579. The third-order valence-corrected chi connectivity index (χ3v) is 3.26. The molecular weight excluding hydrogens is 317 g/mol. The van der Waals surface area contributed by atoms with Crippen LogP contribution in [0.5, 0.6) is 0 Å². The van der Waals surface area contributed by atoms with E-state index < -0.39 is 17.7 Å². The van der Waals surface area contributed by atoms with E-state index in [2.05, 4.69) is 5.32 Å². The summed E-state index contributed by atoms with van der Waals surface area (Å²) in [7, 11) is 0. The van der Waals surface area contributed by atoms with Gasteiger partial charge < -0.3 is 14.8 Å². The quantitative estimate of drug-likeness (QED) is 0.524. The average molecular weight is 330 g/mol. The number of cyclic esters (lactones) is 2. The molecule has 1 aromatic carbocycles. The van der Waals surface area contributed by atoms with Crippen molar-refractivity contribution in [3.8, 4) is 0 Å². The molecule has 112 valence electrons. The van der Waals surface area contributed by atoms with Gasteiger partial charge in [0.15, 0.2) is 5.57 Å². The summed E-state index contributed by atoms with van der Waals surface area (Å²) < 4.78 is 9.93. The van der Waals surface area contributed by atoms with Crippen LogP contribution in [0.1, 0.15) is 19.4 Å². The lowest BCUT2D eigenvalue weighted by atomic mass is 10.2. The van der Waals surface area contributed by atoms with Crippen LogP contribution in [0.15, 0.2) is 30.0 Å². The van der Waals surface area contributed by atoms with Crippen LogP contribution >= 0.6 is 23.2 Å². The Balaban J connectivity index is 2.04. The van der Waals surface area contributed by atoms with Crippen LogP contribution in [0.4, 0.5) is 0 Å². The van der Waals surface area contributed by atoms with Gasteiger partial charge in [-0.15, -0.1) is 0 Å². The number of hydrogen-bond donors (Lipinski definition) is 1. The molecule has 0 bridgehead atoms. The van der Waals surface area contributed by atoms with E-state index >= 15 is 0 Å². The summed E-state index contributed by atoms with van der Waals surface area (Å²) in [6.45, 7) is 3.30. The second-order valence-electron chi connectivity index (χ2n) is 4.85. The van der Waals surface area contributed by atoms with Gasteiger partial charge in [0.25, 0.3) is 5.79 Å². The van der Waals surface area contributed by atoms with Gasteiger partial charge in [-0.3, -0.25) is 0 Å². The Labute approximate surface area is 131 Å². The molecule has 0 unspecified atom stereocenters. The SMILES string of the molecule is CC1(C)OC(=O)C(=CNCc2ccc(Cl)cc2Cl)C(=O)O1. The van der Waals surface area contributed by atoms with E-state index in [1.54, 1.807) is 18.2 Å². The Morgan fingerprint density at radius 3 is 2.38 bits per heavy atom. The van der Waals surface area contributed by atoms with E-state index in [0.717, 1.165) is 5.56 Å². The smallest absolute Gasteiger partial charge is 0.350 e. The maximum atomic E-state index is 11.7. The highest BCUT2D eigenvalue weighted by atomic mass is 35.5. The molecule has 1 aliphatic rings. The maximum absolute atomic E-state index is 11.7. The van der Waals surface area contributed by atoms with Crippen molar-refractivity contribution in [3.63, 3.8) is 0 Å². The van der Waals surface area contributed by atoms with Gasteiger partial charge >= 0.3 is 11.9 Å². The molecule has 0 saturated carbocycles. The molecule has 1 aromatic rings. The number of benzene rings is 1. The number of carbonyl (C=O) groups is 2. The standard InChI is InChI=1S/C14H13Cl2NO4/c1-14(2)20-12(18)10(13(19)21-14)7-17-6-8-3-4-9(15)5-11(8)16/h3-5,7,17H,6H2,1-2H3. The highest BCUT2D eigenvalue weighted by Crippen LogP contribution is 2.23. The number of hydrogen-bond acceptors (Lipinski definition) is 5. The summed E-state index contributed by atoms with van der Waals surface area (Å²) >= 11 is 11.8. The molecular formula is C14H13Cl2NO4. The second kappa shape index (κ2) is 5.95. The van der Waals surface area contributed by atoms with Crippen molar-refractivity contribution in [3.05, 3.63) is 45.6 Å². The van der Waals surface area contributed by atoms with Crippen molar-refractivity contribution in [2.75, 3.05) is 0 Å². The second-order valence-corrected chi connectivity index (χ2v) is 5.70. The van der Waals surface area contributed by atoms with Crippen molar-refractivity contribution in [2.45, 2.75) is 26.2 Å². The zero-order valence-electron chi connectivity index (χ0n) is 11.4. The van der Waals surface area contributed by atoms with Crippen LogP contribution in [0.2, 0.25) is 10.0 Å². The molecule has 0 aromatic heterocycles. The minimum Gasteiger partial charge on any atom is -0.419 e. The number of ether oxygens (including phenoxy) is 2. The summed E-state index contributed by atoms with van der Waals surface area (Å²) in [4.78, 5) is 23.4. The molecule has 1 fully saturated rings. The van der Waals surface area contributed by atoms with Crippen molar-refractivity contribution < 1.29 is 19.1 Å². The Kier molecular flexibility index (Phi) is 4.44. The minimum absolute atomic E-state index is 0.195. The number of rotatable bonds is 3. The lowest BCUT2D eigenvalue weighted by Gasteiger charge is -2.29. The van der Waals surface area contributed by atoms with Gasteiger partial charge in [0.05, 0.1) is 0 Å². The van der Waals surface area contributed by atoms with Crippen LogP contribution in [0.25, 0.3) is 0 Å². The molecule has 0 radical (unpaired) electrons. The third kappa shape index (κ3) is 3.89. The highest BCUT2D eigenvalue weighted by Gasteiger charge is 2.38. The zero-order valence-corrected chi connectivity index (χ0v) is 12.9. The van der Waals surface area contributed by atoms with Crippen LogP contribution in [-0.2, 0) is 25.6 Å². The van der Waals surface area contributed by atoms with Gasteiger partial charge in [0.2, 0.25) is 0 Å². The Bertz CT molecular complexity index is 603. The molecule has 0 spiro atoms. The van der Waals surface area contributed by atoms with Crippen LogP contribution in [-0.4, -0.2) is 17.7 Å². The van der Waals surface area contributed by atoms with Crippen molar-refractivity contribution in [1.82, 2.24) is 5.32 Å². The fourth-order valence-electron chi connectivity index (χ4n) is 1.71. The van der Waals surface area contributed by atoms with E-state index in [-0.39, 0.29) is 5.57 Å². The van der Waals surface area contributed by atoms with Gasteiger partial charge in [-0.05, 0) is 17.7 Å². The lowest BCUT2D eigenvalue weighted by Crippen LogP contribution is -2.42. The molecule has 21 heavy (non-hydrogen) atoms. The van der Waals surface area contributed by atoms with Crippen molar-refractivity contribution in [2.24, 2.45) is 0 Å². The minimum atomic E-state index is -1.25. The molecule has 5 nitrogen and oxygen atoms in total. The van der Waals surface area contributed by atoms with E-state index in [4.69, 9.17) is 32.7 Å². The lowest BCUT2D eigenvalue weighted by molar-refractivity contribution is -0.222. The van der Waals surface area contributed by atoms with Gasteiger partial charge in [-0.25, -0.2) is 9.59 Å². The largest absolute Gasteiger partial charge is 0.419 e. The summed E-state index contributed by atoms with van der Waals surface area (Å²) in [6, 6.07) is 5.05. The van der Waals surface area contributed by atoms with E-state index in [9.17, 15) is 9.59 Å². The van der Waals surface area contributed by atoms with Crippen LogP contribution < -0.4 is 5.32 Å². The van der Waals surface area contributed by atoms with Crippen molar-refractivity contribution in [1.29, 1.82) is 0 Å². The molecule has 1 saturated heterocycles.